The van der Waals surface area contributed by atoms with Gasteiger partial charge in [-0.25, -0.2) is 0 Å². The summed E-state index contributed by atoms with van der Waals surface area (Å²) in [4.78, 5) is 34.4. The van der Waals surface area contributed by atoms with Gasteiger partial charge in [-0.3, -0.25) is 14.4 Å². The van der Waals surface area contributed by atoms with Crippen LogP contribution in [0.3, 0.4) is 0 Å². The van der Waals surface area contributed by atoms with Crippen molar-refractivity contribution in [2.45, 2.75) is 13.0 Å². The SMILES string of the molecule is CC(=O)OC[C@H]1NC(=O)c2ccccc2NC1=O. The normalized spacial score (nSPS) is 18.2. The van der Waals surface area contributed by atoms with E-state index in [9.17, 15) is 14.4 Å². The third-order valence-corrected chi connectivity index (χ3v) is 2.50. The van der Waals surface area contributed by atoms with Crippen molar-refractivity contribution in [2.24, 2.45) is 0 Å². The number of benzene rings is 1. The summed E-state index contributed by atoms with van der Waals surface area (Å²) in [5.41, 5.74) is 0.835. The summed E-state index contributed by atoms with van der Waals surface area (Å²) in [6, 6.07) is 5.80. The third-order valence-electron chi connectivity index (χ3n) is 2.50. The predicted octanol–water partition coefficient (Wildman–Crippen LogP) is 0.300. The van der Waals surface area contributed by atoms with Crippen LogP contribution >= 0.6 is 0 Å². The van der Waals surface area contributed by atoms with Gasteiger partial charge in [-0.2, -0.15) is 0 Å². The Morgan fingerprint density at radius 2 is 2.06 bits per heavy atom. The zero-order valence-corrected chi connectivity index (χ0v) is 9.73. The molecular formula is C12H12N2O4. The summed E-state index contributed by atoms with van der Waals surface area (Å²) in [5.74, 6) is -1.28. The topological polar surface area (TPSA) is 84.5 Å². The number of esters is 1. The van der Waals surface area contributed by atoms with Gasteiger partial charge in [-0.15, -0.1) is 0 Å². The molecule has 1 aliphatic heterocycles. The Morgan fingerprint density at radius 3 is 2.78 bits per heavy atom. The summed E-state index contributed by atoms with van der Waals surface area (Å²) in [7, 11) is 0. The van der Waals surface area contributed by atoms with Gasteiger partial charge in [0.15, 0.2) is 0 Å². The first-order valence-electron chi connectivity index (χ1n) is 5.42. The zero-order valence-electron chi connectivity index (χ0n) is 9.73. The fourth-order valence-electron chi connectivity index (χ4n) is 1.63. The number of amides is 2. The lowest BCUT2D eigenvalue weighted by molar-refractivity contribution is -0.142. The Balaban J connectivity index is 2.19. The van der Waals surface area contributed by atoms with E-state index in [-0.39, 0.29) is 12.5 Å². The molecule has 94 valence electrons. The van der Waals surface area contributed by atoms with E-state index in [2.05, 4.69) is 10.6 Å². The standard InChI is InChI=1S/C12H12N2O4/c1-7(15)18-6-10-12(17)13-9-5-3-2-4-8(9)11(16)14-10/h2-5,10H,6H2,1H3,(H,13,17)(H,14,16)/t10-/m1/s1. The molecule has 2 N–H and O–H groups in total. The van der Waals surface area contributed by atoms with Gasteiger partial charge in [0.1, 0.15) is 12.6 Å². The van der Waals surface area contributed by atoms with E-state index in [4.69, 9.17) is 4.74 Å². The van der Waals surface area contributed by atoms with Crippen molar-refractivity contribution in [2.75, 3.05) is 11.9 Å². The van der Waals surface area contributed by atoms with E-state index >= 15 is 0 Å². The smallest absolute Gasteiger partial charge is 0.302 e. The maximum atomic E-state index is 11.9. The van der Waals surface area contributed by atoms with Gasteiger partial charge >= 0.3 is 5.97 Å². The second kappa shape index (κ2) is 4.87. The number of para-hydroxylation sites is 1. The molecule has 0 aliphatic carbocycles. The number of hydrogen-bond donors (Lipinski definition) is 2. The van der Waals surface area contributed by atoms with E-state index < -0.39 is 17.9 Å². The lowest BCUT2D eigenvalue weighted by Crippen LogP contribution is -2.44. The number of carbonyl (C=O) groups is 3. The predicted molar refractivity (Wildman–Crippen MR) is 63.0 cm³/mol. The maximum absolute atomic E-state index is 11.9. The summed E-state index contributed by atoms with van der Waals surface area (Å²) < 4.78 is 4.74. The molecule has 0 saturated carbocycles. The molecular weight excluding hydrogens is 236 g/mol. The molecule has 0 spiro atoms. The van der Waals surface area contributed by atoms with Gasteiger partial charge in [0.2, 0.25) is 0 Å². The van der Waals surface area contributed by atoms with Crippen LogP contribution in [0.4, 0.5) is 5.69 Å². The van der Waals surface area contributed by atoms with E-state index in [1.165, 1.54) is 6.92 Å². The highest BCUT2D eigenvalue weighted by Gasteiger charge is 2.28. The average molecular weight is 248 g/mol. The van der Waals surface area contributed by atoms with Crippen molar-refractivity contribution in [1.29, 1.82) is 0 Å². The number of anilines is 1. The Labute approximate surface area is 103 Å². The number of carbonyl (C=O) groups excluding carboxylic acids is 3. The highest BCUT2D eigenvalue weighted by molar-refractivity contribution is 6.09. The van der Waals surface area contributed by atoms with Crippen LogP contribution in [0, 0.1) is 0 Å². The van der Waals surface area contributed by atoms with E-state index in [0.717, 1.165) is 0 Å². The molecule has 1 atom stereocenters. The summed E-state index contributed by atoms with van der Waals surface area (Å²) >= 11 is 0. The molecule has 0 fully saturated rings. The van der Waals surface area contributed by atoms with Gasteiger partial charge in [-0.1, -0.05) is 12.1 Å². The zero-order chi connectivity index (χ0) is 13.1. The second-order valence-corrected chi connectivity index (χ2v) is 3.86. The van der Waals surface area contributed by atoms with E-state index in [0.29, 0.717) is 11.3 Å². The van der Waals surface area contributed by atoms with E-state index in [1.807, 2.05) is 0 Å². The molecule has 6 nitrogen and oxygen atoms in total. The minimum atomic E-state index is -0.881. The van der Waals surface area contributed by atoms with Crippen LogP contribution in [-0.4, -0.2) is 30.4 Å². The molecule has 0 saturated heterocycles. The Morgan fingerprint density at radius 1 is 1.33 bits per heavy atom. The highest BCUT2D eigenvalue weighted by Crippen LogP contribution is 2.17. The number of hydrogen-bond acceptors (Lipinski definition) is 4. The number of nitrogens with one attached hydrogen (secondary N) is 2. The fourth-order valence-corrected chi connectivity index (χ4v) is 1.63. The summed E-state index contributed by atoms with van der Waals surface area (Å²) in [6.45, 7) is 1.06. The molecule has 2 rings (SSSR count). The van der Waals surface area contributed by atoms with Gasteiger partial charge < -0.3 is 15.4 Å². The van der Waals surface area contributed by atoms with Crippen LogP contribution < -0.4 is 10.6 Å². The quantitative estimate of drug-likeness (QED) is 0.737. The third kappa shape index (κ3) is 2.48. The lowest BCUT2D eigenvalue weighted by Gasteiger charge is -2.13. The van der Waals surface area contributed by atoms with Crippen molar-refractivity contribution in [3.63, 3.8) is 0 Å². The van der Waals surface area contributed by atoms with Crippen LogP contribution in [0.25, 0.3) is 0 Å². The van der Waals surface area contributed by atoms with Crippen molar-refractivity contribution in [3.05, 3.63) is 29.8 Å². The van der Waals surface area contributed by atoms with Crippen LogP contribution in [0.2, 0.25) is 0 Å². The van der Waals surface area contributed by atoms with Crippen molar-refractivity contribution in [1.82, 2.24) is 5.32 Å². The second-order valence-electron chi connectivity index (χ2n) is 3.86. The number of fused-ring (bicyclic) bond motifs is 1. The molecule has 18 heavy (non-hydrogen) atoms. The Hall–Kier alpha value is -2.37. The molecule has 1 heterocycles. The monoisotopic (exact) mass is 248 g/mol. The van der Waals surface area contributed by atoms with Crippen LogP contribution in [0.15, 0.2) is 24.3 Å². The van der Waals surface area contributed by atoms with Crippen LogP contribution in [-0.2, 0) is 14.3 Å². The first-order chi connectivity index (χ1) is 8.58. The molecule has 6 heteroatoms. The van der Waals surface area contributed by atoms with Gasteiger partial charge in [0, 0.05) is 6.92 Å². The Kier molecular flexibility index (Phi) is 3.27. The van der Waals surface area contributed by atoms with Crippen molar-refractivity contribution in [3.8, 4) is 0 Å². The first-order valence-corrected chi connectivity index (χ1v) is 5.42. The van der Waals surface area contributed by atoms with Gasteiger partial charge in [0.25, 0.3) is 11.8 Å². The molecule has 1 aromatic rings. The lowest BCUT2D eigenvalue weighted by atomic mass is 10.2. The van der Waals surface area contributed by atoms with E-state index in [1.54, 1.807) is 24.3 Å². The van der Waals surface area contributed by atoms with Crippen LogP contribution in [0.5, 0.6) is 0 Å². The van der Waals surface area contributed by atoms with Crippen LogP contribution in [0.1, 0.15) is 17.3 Å². The number of ether oxygens (including phenoxy) is 1. The van der Waals surface area contributed by atoms with Gasteiger partial charge in [-0.05, 0) is 12.1 Å². The summed E-state index contributed by atoms with van der Waals surface area (Å²) in [5, 5.41) is 5.13. The van der Waals surface area contributed by atoms with Crippen molar-refractivity contribution >= 4 is 23.5 Å². The molecule has 0 bridgehead atoms. The van der Waals surface area contributed by atoms with Gasteiger partial charge in [0.05, 0.1) is 11.3 Å². The molecule has 0 aromatic heterocycles. The molecule has 0 unspecified atom stereocenters. The first kappa shape index (κ1) is 12.1. The molecule has 1 aromatic carbocycles. The fraction of sp³-hybridized carbons (Fsp3) is 0.250. The Bertz CT molecular complexity index is 513. The summed E-state index contributed by atoms with van der Waals surface area (Å²) in [6.07, 6.45) is 0. The molecule has 2 amide bonds. The average Bonchev–Trinajstić information content (AvgIpc) is 2.45. The maximum Gasteiger partial charge on any atom is 0.302 e. The minimum Gasteiger partial charge on any atom is -0.463 e. The van der Waals surface area contributed by atoms with Crippen molar-refractivity contribution < 1.29 is 19.1 Å². The highest BCUT2D eigenvalue weighted by atomic mass is 16.5. The molecule has 0 radical (unpaired) electrons. The molecule has 1 aliphatic rings. The minimum absolute atomic E-state index is 0.180. The largest absolute Gasteiger partial charge is 0.463 e. The number of rotatable bonds is 2.